The van der Waals surface area contributed by atoms with E-state index in [1.165, 1.54) is 9.87 Å². The summed E-state index contributed by atoms with van der Waals surface area (Å²) in [5, 5.41) is 12.2. The number of fused-ring (bicyclic) bond motifs is 1. The maximum atomic E-state index is 13.0. The van der Waals surface area contributed by atoms with Gasteiger partial charge in [0.1, 0.15) is 5.54 Å². The standard InChI is InChI=1S/C21H30N4O3S/c1-16(2)21(3,15-22)23-20(26)14-24-9-11-25(12-10-24)29(27,28)19-8-7-17-5-4-6-18(17)13-19/h7-8,13,16H,4-6,9-12,14H2,1-3H3,(H,23,26)/p+1/t21-/m1/s1. The van der Waals surface area contributed by atoms with Gasteiger partial charge >= 0.3 is 0 Å². The second-order valence-corrected chi connectivity index (χ2v) is 10.6. The van der Waals surface area contributed by atoms with Gasteiger partial charge in [0.25, 0.3) is 5.91 Å². The van der Waals surface area contributed by atoms with Gasteiger partial charge in [0.2, 0.25) is 10.0 Å². The molecule has 1 fully saturated rings. The number of carbonyl (C=O) groups is 1. The molecule has 2 N–H and O–H groups in total. The molecule has 1 amide bonds. The van der Waals surface area contributed by atoms with Crippen LogP contribution in [0.15, 0.2) is 23.1 Å². The van der Waals surface area contributed by atoms with Crippen LogP contribution in [-0.2, 0) is 27.7 Å². The smallest absolute Gasteiger partial charge is 0.276 e. The summed E-state index contributed by atoms with van der Waals surface area (Å²) < 4.78 is 27.6. The molecule has 0 bridgehead atoms. The number of sulfonamides is 1. The average molecular weight is 420 g/mol. The third kappa shape index (κ3) is 4.63. The Bertz CT molecular complexity index is 914. The van der Waals surface area contributed by atoms with E-state index in [4.69, 9.17) is 0 Å². The summed E-state index contributed by atoms with van der Waals surface area (Å²) in [6.45, 7) is 7.70. The second kappa shape index (κ2) is 8.42. The Morgan fingerprint density at radius 3 is 2.55 bits per heavy atom. The van der Waals surface area contributed by atoms with Gasteiger partial charge in [-0.3, -0.25) is 4.79 Å². The number of nitriles is 1. The average Bonchev–Trinajstić information content (AvgIpc) is 3.16. The number of benzene rings is 1. The fourth-order valence-corrected chi connectivity index (χ4v) is 5.43. The van der Waals surface area contributed by atoms with Crippen LogP contribution in [0.2, 0.25) is 0 Å². The first-order chi connectivity index (χ1) is 13.7. The van der Waals surface area contributed by atoms with Crippen molar-refractivity contribution >= 4 is 15.9 Å². The van der Waals surface area contributed by atoms with Crippen LogP contribution in [0.25, 0.3) is 0 Å². The van der Waals surface area contributed by atoms with Crippen LogP contribution in [0, 0.1) is 17.2 Å². The zero-order valence-corrected chi connectivity index (χ0v) is 18.3. The maximum Gasteiger partial charge on any atom is 0.276 e. The SMILES string of the molecule is CC(C)[C@@](C)(C#N)NC(=O)C[NH+]1CCN(S(=O)(=O)c2ccc3c(c2)CCC3)CC1. The summed E-state index contributed by atoms with van der Waals surface area (Å²) in [7, 11) is -3.50. The first kappa shape index (κ1) is 21.8. The lowest BCUT2D eigenvalue weighted by atomic mass is 9.90. The third-order valence-corrected chi connectivity index (χ3v) is 8.23. The number of amides is 1. The van der Waals surface area contributed by atoms with Crippen molar-refractivity contribution in [3.05, 3.63) is 29.3 Å². The molecule has 0 unspecified atom stereocenters. The summed E-state index contributed by atoms with van der Waals surface area (Å²) in [5.41, 5.74) is 1.52. The van der Waals surface area contributed by atoms with Crippen LogP contribution >= 0.6 is 0 Å². The van der Waals surface area contributed by atoms with E-state index in [-0.39, 0.29) is 18.4 Å². The predicted molar refractivity (Wildman–Crippen MR) is 110 cm³/mol. The van der Waals surface area contributed by atoms with Gasteiger partial charge in [-0.15, -0.1) is 0 Å². The molecule has 8 heteroatoms. The molecule has 1 heterocycles. The lowest BCUT2D eigenvalue weighted by Gasteiger charge is -2.32. The summed E-state index contributed by atoms with van der Waals surface area (Å²) in [6, 6.07) is 7.68. The summed E-state index contributed by atoms with van der Waals surface area (Å²) in [5.74, 6) is -0.173. The quantitative estimate of drug-likeness (QED) is 0.685. The highest BCUT2D eigenvalue weighted by Gasteiger charge is 2.34. The molecular weight excluding hydrogens is 388 g/mol. The lowest BCUT2D eigenvalue weighted by molar-refractivity contribution is -0.895. The van der Waals surface area contributed by atoms with Crippen LogP contribution in [0.3, 0.4) is 0 Å². The van der Waals surface area contributed by atoms with Crippen LogP contribution in [0.1, 0.15) is 38.3 Å². The van der Waals surface area contributed by atoms with Crippen LogP contribution in [0.5, 0.6) is 0 Å². The van der Waals surface area contributed by atoms with Crippen molar-refractivity contribution in [1.82, 2.24) is 9.62 Å². The number of hydrogen-bond donors (Lipinski definition) is 2. The molecule has 1 aromatic rings. The van der Waals surface area contributed by atoms with Gasteiger partial charge in [0.15, 0.2) is 6.54 Å². The molecule has 1 atom stereocenters. The van der Waals surface area contributed by atoms with Crippen molar-refractivity contribution in [3.63, 3.8) is 0 Å². The van der Waals surface area contributed by atoms with Crippen LogP contribution in [-0.4, -0.2) is 56.9 Å². The molecule has 7 nitrogen and oxygen atoms in total. The van der Waals surface area contributed by atoms with Crippen molar-refractivity contribution in [1.29, 1.82) is 5.26 Å². The van der Waals surface area contributed by atoms with Crippen molar-refractivity contribution < 1.29 is 18.1 Å². The number of rotatable bonds is 6. The molecule has 1 aliphatic heterocycles. The van der Waals surface area contributed by atoms with E-state index in [9.17, 15) is 18.5 Å². The molecule has 1 saturated heterocycles. The van der Waals surface area contributed by atoms with Crippen LogP contribution in [0.4, 0.5) is 0 Å². The monoisotopic (exact) mass is 419 g/mol. The third-order valence-electron chi connectivity index (χ3n) is 6.33. The first-order valence-electron chi connectivity index (χ1n) is 10.3. The molecule has 1 aliphatic carbocycles. The van der Waals surface area contributed by atoms with E-state index in [0.29, 0.717) is 31.1 Å². The second-order valence-electron chi connectivity index (χ2n) is 8.63. The summed E-state index contributed by atoms with van der Waals surface area (Å²) in [6.07, 6.45) is 3.07. The van der Waals surface area contributed by atoms with E-state index in [0.717, 1.165) is 29.7 Å². The highest BCUT2D eigenvalue weighted by molar-refractivity contribution is 7.89. The molecule has 29 heavy (non-hydrogen) atoms. The van der Waals surface area contributed by atoms with Gasteiger partial charge in [-0.1, -0.05) is 19.9 Å². The number of carbonyl (C=O) groups excluding carboxylic acids is 1. The molecule has 1 aromatic carbocycles. The molecule has 158 valence electrons. The van der Waals surface area contributed by atoms with E-state index < -0.39 is 15.6 Å². The van der Waals surface area contributed by atoms with Crippen LogP contribution < -0.4 is 10.2 Å². The Kier molecular flexibility index (Phi) is 6.32. The summed E-state index contributed by atoms with van der Waals surface area (Å²) in [4.78, 5) is 13.8. The lowest BCUT2D eigenvalue weighted by Crippen LogP contribution is -3.16. The van der Waals surface area contributed by atoms with Gasteiger partial charge in [0, 0.05) is 0 Å². The van der Waals surface area contributed by atoms with Crippen molar-refractivity contribution in [2.24, 2.45) is 5.92 Å². The zero-order chi connectivity index (χ0) is 21.2. The Hall–Kier alpha value is -1.95. The normalized spacial score (nSPS) is 20.1. The van der Waals surface area contributed by atoms with Gasteiger partial charge in [-0.2, -0.15) is 9.57 Å². The number of nitrogens with one attached hydrogen (secondary N) is 2. The van der Waals surface area contributed by atoms with E-state index in [1.807, 2.05) is 26.0 Å². The van der Waals surface area contributed by atoms with Crippen molar-refractivity contribution in [2.75, 3.05) is 32.7 Å². The maximum absolute atomic E-state index is 13.0. The number of hydrogen-bond acceptors (Lipinski definition) is 4. The van der Waals surface area contributed by atoms with Crippen molar-refractivity contribution in [3.8, 4) is 6.07 Å². The Morgan fingerprint density at radius 2 is 1.93 bits per heavy atom. The molecule has 3 rings (SSSR count). The van der Waals surface area contributed by atoms with Crippen molar-refractivity contribution in [2.45, 2.75) is 50.5 Å². The zero-order valence-electron chi connectivity index (χ0n) is 17.5. The largest absolute Gasteiger partial charge is 0.333 e. The Labute approximate surface area is 173 Å². The van der Waals surface area contributed by atoms with Gasteiger partial charge < -0.3 is 10.2 Å². The van der Waals surface area contributed by atoms with E-state index >= 15 is 0 Å². The summed E-state index contributed by atoms with van der Waals surface area (Å²) >= 11 is 0. The molecule has 2 aliphatic rings. The number of nitrogens with zero attached hydrogens (tertiary/aromatic N) is 2. The minimum atomic E-state index is -3.50. The topological polar surface area (TPSA) is 94.7 Å². The molecule has 0 radical (unpaired) electrons. The van der Waals surface area contributed by atoms with Gasteiger partial charge in [-0.25, -0.2) is 8.42 Å². The highest BCUT2D eigenvalue weighted by Crippen LogP contribution is 2.26. The predicted octanol–water partition coefficient (Wildman–Crippen LogP) is 0.119. The molecule has 0 saturated carbocycles. The number of quaternary nitrogens is 1. The minimum Gasteiger partial charge on any atom is -0.333 e. The fraction of sp³-hybridized carbons (Fsp3) is 0.619. The fourth-order valence-electron chi connectivity index (χ4n) is 3.94. The molecule has 0 spiro atoms. The number of aryl methyl sites for hydroxylation is 2. The van der Waals surface area contributed by atoms with Gasteiger partial charge in [0.05, 0.1) is 37.1 Å². The van der Waals surface area contributed by atoms with E-state index in [1.54, 1.807) is 13.0 Å². The molecule has 0 aromatic heterocycles. The Balaban J connectivity index is 1.57. The highest BCUT2D eigenvalue weighted by atomic mass is 32.2. The van der Waals surface area contributed by atoms with E-state index in [2.05, 4.69) is 11.4 Å². The Morgan fingerprint density at radius 1 is 1.28 bits per heavy atom. The minimum absolute atomic E-state index is 0.000705. The number of piperazine rings is 1. The van der Waals surface area contributed by atoms with Gasteiger partial charge in [-0.05, 0) is 55.4 Å². The molecular formula is C21H31N4O3S+. The first-order valence-corrected chi connectivity index (χ1v) is 11.8.